The van der Waals surface area contributed by atoms with Gasteiger partial charge in [-0.3, -0.25) is 4.98 Å². The molecule has 7 aromatic carbocycles. The summed E-state index contributed by atoms with van der Waals surface area (Å²) in [6.07, 6.45) is 1.93. The van der Waals surface area contributed by atoms with Gasteiger partial charge in [-0.25, -0.2) is 0 Å². The third kappa shape index (κ3) is 4.30. The molecular weight excluding hydrogens is 569 g/mol. The second kappa shape index (κ2) is 11.0. The Morgan fingerprint density at radius 2 is 0.818 bits per heavy atom. The summed E-state index contributed by atoms with van der Waals surface area (Å²) < 4.78 is 0. The molecule has 0 saturated carbocycles. The molecular formula is C41H28NPS. The lowest BCUT2D eigenvalue weighted by Gasteiger charge is -2.24. The molecule has 0 N–H and O–H groups in total. The Labute approximate surface area is 262 Å². The lowest BCUT2D eigenvalue weighted by Crippen LogP contribution is -2.24. The van der Waals surface area contributed by atoms with Crippen molar-refractivity contribution < 1.29 is 0 Å². The molecule has 1 aromatic heterocycles. The Morgan fingerprint density at radius 3 is 1.36 bits per heavy atom. The summed E-state index contributed by atoms with van der Waals surface area (Å²) in [7, 11) is 0. The van der Waals surface area contributed by atoms with Crippen LogP contribution in [0.2, 0.25) is 0 Å². The molecule has 0 amide bonds. The van der Waals surface area contributed by atoms with Gasteiger partial charge in [-0.2, -0.15) is 0 Å². The van der Waals surface area contributed by atoms with Gasteiger partial charge in [0.05, 0.1) is 5.69 Å². The molecule has 3 heteroatoms. The van der Waals surface area contributed by atoms with Crippen LogP contribution >= 0.6 is 6.04 Å². The molecule has 0 spiro atoms. The van der Waals surface area contributed by atoms with Gasteiger partial charge >= 0.3 is 0 Å². The molecule has 0 unspecified atom stereocenters. The van der Waals surface area contributed by atoms with Gasteiger partial charge in [0, 0.05) is 23.2 Å². The fourth-order valence-electron chi connectivity index (χ4n) is 6.57. The Balaban J connectivity index is 1.37. The van der Waals surface area contributed by atoms with Crippen LogP contribution < -0.4 is 15.9 Å². The van der Waals surface area contributed by atoms with Gasteiger partial charge in [0.25, 0.3) is 0 Å². The second-order valence-corrected chi connectivity index (χ2v) is 15.5. The maximum Gasteiger partial charge on any atom is 0.0792 e. The van der Waals surface area contributed by atoms with E-state index in [1.165, 1.54) is 59.5 Å². The molecule has 44 heavy (non-hydrogen) atoms. The number of pyridine rings is 1. The van der Waals surface area contributed by atoms with Crippen molar-refractivity contribution in [3.05, 3.63) is 170 Å². The van der Waals surface area contributed by atoms with Crippen molar-refractivity contribution in [3.8, 4) is 22.4 Å². The largest absolute Gasteiger partial charge is 0.256 e. The highest BCUT2D eigenvalue weighted by molar-refractivity contribution is 8.25. The number of hydrogen-bond donors (Lipinski definition) is 0. The highest BCUT2D eigenvalue weighted by Gasteiger charge is 2.25. The minimum Gasteiger partial charge on any atom is -0.256 e. The van der Waals surface area contributed by atoms with E-state index in [-0.39, 0.29) is 0 Å². The summed E-state index contributed by atoms with van der Waals surface area (Å²) in [5.74, 6) is 0. The molecule has 0 fully saturated rings. The second-order valence-electron chi connectivity index (χ2n) is 11.0. The van der Waals surface area contributed by atoms with Crippen LogP contribution in [0, 0.1) is 0 Å². The van der Waals surface area contributed by atoms with Gasteiger partial charge in [0.2, 0.25) is 0 Å². The number of rotatable bonds is 5. The van der Waals surface area contributed by atoms with Crippen LogP contribution in [0.1, 0.15) is 0 Å². The summed E-state index contributed by atoms with van der Waals surface area (Å²) in [6, 6.07) is 56.2. The zero-order valence-electron chi connectivity index (χ0n) is 24.0. The maximum atomic E-state index is 6.63. The van der Waals surface area contributed by atoms with Gasteiger partial charge in [0.1, 0.15) is 0 Å². The summed E-state index contributed by atoms with van der Waals surface area (Å²) in [6.45, 7) is 0. The topological polar surface area (TPSA) is 12.9 Å². The zero-order chi connectivity index (χ0) is 29.5. The standard InChI is InChI=1S/C41H28NPS/c44-43(31-14-3-1-4-15-31,32-16-5-2-6-17-32)33-25-23-30(24-26-33)39-35-19-9-11-21-37(35)40(38-22-12-10-20-36(38)39)41-34-18-8-7-13-29(34)27-28-42-41/h1-28H. The van der Waals surface area contributed by atoms with E-state index >= 15 is 0 Å². The van der Waals surface area contributed by atoms with E-state index < -0.39 is 6.04 Å². The molecule has 1 heterocycles. The van der Waals surface area contributed by atoms with E-state index in [9.17, 15) is 0 Å². The van der Waals surface area contributed by atoms with E-state index in [1.807, 2.05) is 6.20 Å². The summed E-state index contributed by atoms with van der Waals surface area (Å²) >= 11 is 6.63. The number of fused-ring (bicyclic) bond motifs is 3. The molecule has 208 valence electrons. The zero-order valence-corrected chi connectivity index (χ0v) is 25.7. The first-order valence-corrected chi connectivity index (χ1v) is 17.6. The number of hydrogen-bond acceptors (Lipinski definition) is 2. The van der Waals surface area contributed by atoms with Crippen LogP contribution in [-0.2, 0) is 11.8 Å². The third-order valence-electron chi connectivity index (χ3n) is 8.60. The number of benzene rings is 7. The molecule has 0 aliphatic carbocycles. The summed E-state index contributed by atoms with van der Waals surface area (Å²) in [4.78, 5) is 4.97. The molecule has 0 saturated heterocycles. The third-order valence-corrected chi connectivity index (χ3v) is 13.6. The van der Waals surface area contributed by atoms with E-state index in [0.29, 0.717) is 0 Å². The average molecular weight is 598 g/mol. The number of nitrogens with zero attached hydrogens (tertiary/aromatic N) is 1. The molecule has 0 radical (unpaired) electrons. The Bertz CT molecular complexity index is 2240. The fourth-order valence-corrected chi connectivity index (χ4v) is 10.3. The highest BCUT2D eigenvalue weighted by atomic mass is 32.4. The van der Waals surface area contributed by atoms with Crippen LogP contribution in [0.3, 0.4) is 0 Å². The van der Waals surface area contributed by atoms with Gasteiger partial charge in [0.15, 0.2) is 0 Å². The normalized spacial score (nSPS) is 11.7. The van der Waals surface area contributed by atoms with Crippen molar-refractivity contribution in [2.24, 2.45) is 0 Å². The van der Waals surface area contributed by atoms with Crippen molar-refractivity contribution >= 4 is 66.1 Å². The predicted octanol–water partition coefficient (Wildman–Crippen LogP) is 9.63. The quantitative estimate of drug-likeness (QED) is 0.145. The lowest BCUT2D eigenvalue weighted by molar-refractivity contribution is 1.37. The SMILES string of the molecule is S=P(c1ccccc1)(c1ccccc1)c1ccc(-c2c3ccccc3c(-c3nccc4ccccc34)c3ccccc23)cc1. The minimum atomic E-state index is -2.23. The van der Waals surface area contributed by atoms with Gasteiger partial charge in [-0.05, 0) is 60.0 Å². The van der Waals surface area contributed by atoms with E-state index in [2.05, 4.69) is 164 Å². The first kappa shape index (κ1) is 26.7. The molecule has 0 aliphatic heterocycles. The Morgan fingerprint density at radius 1 is 0.386 bits per heavy atom. The lowest BCUT2D eigenvalue weighted by atomic mass is 9.86. The van der Waals surface area contributed by atoms with Crippen LogP contribution in [0.4, 0.5) is 0 Å². The highest BCUT2D eigenvalue weighted by Crippen LogP contribution is 2.46. The van der Waals surface area contributed by atoms with Crippen LogP contribution in [0.5, 0.6) is 0 Å². The Kier molecular flexibility index (Phi) is 6.68. The minimum absolute atomic E-state index is 1.02. The van der Waals surface area contributed by atoms with Crippen LogP contribution in [-0.4, -0.2) is 4.98 Å². The Hall–Kier alpha value is -4.88. The molecule has 8 rings (SSSR count). The van der Waals surface area contributed by atoms with Crippen molar-refractivity contribution in [1.29, 1.82) is 0 Å². The summed E-state index contributed by atoms with van der Waals surface area (Å²) in [5.41, 5.74) is 4.61. The van der Waals surface area contributed by atoms with Crippen LogP contribution in [0.15, 0.2) is 170 Å². The maximum absolute atomic E-state index is 6.63. The van der Waals surface area contributed by atoms with Gasteiger partial charge < -0.3 is 0 Å². The molecule has 0 aliphatic rings. The van der Waals surface area contributed by atoms with E-state index in [1.54, 1.807) is 0 Å². The van der Waals surface area contributed by atoms with Crippen molar-refractivity contribution in [2.75, 3.05) is 0 Å². The summed E-state index contributed by atoms with van der Waals surface area (Å²) in [5, 5.41) is 10.8. The average Bonchev–Trinajstić information content (AvgIpc) is 3.11. The molecule has 8 aromatic rings. The van der Waals surface area contributed by atoms with E-state index in [4.69, 9.17) is 16.8 Å². The van der Waals surface area contributed by atoms with Gasteiger partial charge in [-0.15, -0.1) is 0 Å². The van der Waals surface area contributed by atoms with Gasteiger partial charge in [-0.1, -0.05) is 170 Å². The first-order chi connectivity index (χ1) is 21.7. The smallest absolute Gasteiger partial charge is 0.0792 e. The first-order valence-electron chi connectivity index (χ1n) is 14.8. The van der Waals surface area contributed by atoms with E-state index in [0.717, 1.165) is 11.1 Å². The van der Waals surface area contributed by atoms with Crippen molar-refractivity contribution in [2.45, 2.75) is 0 Å². The number of aromatic nitrogens is 1. The van der Waals surface area contributed by atoms with Crippen molar-refractivity contribution in [3.63, 3.8) is 0 Å². The molecule has 0 bridgehead atoms. The molecule has 0 atom stereocenters. The monoisotopic (exact) mass is 597 g/mol. The molecule has 1 nitrogen and oxygen atoms in total. The fraction of sp³-hybridized carbons (Fsp3) is 0. The predicted molar refractivity (Wildman–Crippen MR) is 194 cm³/mol. The van der Waals surface area contributed by atoms with Crippen LogP contribution in [0.25, 0.3) is 54.7 Å². The van der Waals surface area contributed by atoms with Crippen molar-refractivity contribution in [1.82, 2.24) is 4.98 Å².